The Hall–Kier alpha value is -10.7. The van der Waals surface area contributed by atoms with Crippen LogP contribution in [0, 0.1) is 0 Å². The number of benzene rings is 10. The first-order valence-corrected chi connectivity index (χ1v) is 26.2. The zero-order valence-corrected chi connectivity index (χ0v) is 41.6. The first-order valence-electron chi connectivity index (χ1n) is 26.2. The third-order valence-corrected chi connectivity index (χ3v) is 15.8. The number of aromatic nitrogens is 6. The third-order valence-electron chi connectivity index (χ3n) is 15.8. The minimum Gasteiger partial charge on any atom is -0.456 e. The third kappa shape index (κ3) is 6.41. The second-order valence-corrected chi connectivity index (χ2v) is 20.2. The van der Waals surface area contributed by atoms with Gasteiger partial charge in [0.25, 0.3) is 0 Å². The first kappa shape index (κ1) is 42.6. The molecule has 8 nitrogen and oxygen atoms in total. The van der Waals surface area contributed by atoms with E-state index in [1.54, 1.807) is 0 Å². The van der Waals surface area contributed by atoms with Gasteiger partial charge in [0.05, 0.1) is 56.4 Å². The van der Waals surface area contributed by atoms with Crippen molar-refractivity contribution in [2.24, 2.45) is 0 Å². The molecule has 0 bridgehead atoms. The van der Waals surface area contributed by atoms with E-state index in [1.807, 2.05) is 42.7 Å². The van der Waals surface area contributed by atoms with Gasteiger partial charge < -0.3 is 13.4 Å². The van der Waals surface area contributed by atoms with Crippen LogP contribution in [0.3, 0.4) is 0 Å². The van der Waals surface area contributed by atoms with E-state index in [-0.39, 0.29) is 0 Å². The van der Waals surface area contributed by atoms with Crippen molar-refractivity contribution in [2.45, 2.75) is 0 Å². The molecule has 0 aliphatic rings. The van der Waals surface area contributed by atoms with Gasteiger partial charge in [0, 0.05) is 71.2 Å². The van der Waals surface area contributed by atoms with E-state index in [1.165, 1.54) is 0 Å². The molecule has 0 radical (unpaired) electrons. The molecule has 17 aromatic rings. The molecule has 17 rings (SSSR count). The van der Waals surface area contributed by atoms with Gasteiger partial charge in [0.15, 0.2) is 0 Å². The number of para-hydroxylation sites is 2. The van der Waals surface area contributed by atoms with Crippen molar-refractivity contribution in [3.63, 3.8) is 0 Å². The van der Waals surface area contributed by atoms with Gasteiger partial charge in [-0.1, -0.05) is 133 Å². The quantitative estimate of drug-likeness (QED) is 0.154. The summed E-state index contributed by atoms with van der Waals surface area (Å²) in [6.07, 6.45) is 3.86. The molecule has 8 heteroatoms. The van der Waals surface area contributed by atoms with Crippen LogP contribution in [0.25, 0.3) is 166 Å². The number of pyridine rings is 2. The van der Waals surface area contributed by atoms with Crippen LogP contribution >= 0.6 is 0 Å². The van der Waals surface area contributed by atoms with Crippen LogP contribution in [-0.4, -0.2) is 29.1 Å². The largest absolute Gasteiger partial charge is 0.456 e. The summed E-state index contributed by atoms with van der Waals surface area (Å²) in [6.45, 7) is 0. The van der Waals surface area contributed by atoms with Crippen LogP contribution < -0.4 is 0 Å². The molecule has 0 spiro atoms. The van der Waals surface area contributed by atoms with E-state index in [0.29, 0.717) is 5.95 Å². The molecule has 0 saturated heterocycles. The Morgan fingerprint density at radius 2 is 0.846 bits per heavy atom. The van der Waals surface area contributed by atoms with Crippen molar-refractivity contribution in [2.75, 3.05) is 0 Å². The summed E-state index contributed by atoms with van der Waals surface area (Å²) in [5.74, 6) is 0.533. The summed E-state index contributed by atoms with van der Waals surface area (Å²) in [6, 6.07) is 81.2. The summed E-state index contributed by atoms with van der Waals surface area (Å²) >= 11 is 0. The molecular formula is C70H40N6O2. The van der Waals surface area contributed by atoms with E-state index in [9.17, 15) is 0 Å². The molecule has 0 atom stereocenters. The van der Waals surface area contributed by atoms with Crippen LogP contribution in [0.2, 0.25) is 0 Å². The van der Waals surface area contributed by atoms with Crippen LogP contribution in [0.5, 0.6) is 0 Å². The zero-order chi connectivity index (χ0) is 51.0. The summed E-state index contributed by atoms with van der Waals surface area (Å²) in [4.78, 5) is 21.5. The lowest BCUT2D eigenvalue weighted by molar-refractivity contribution is 0.668. The monoisotopic (exact) mass is 996 g/mol. The molecule has 7 aromatic heterocycles. The minimum absolute atomic E-state index is 0.533. The van der Waals surface area contributed by atoms with E-state index < -0.39 is 0 Å². The van der Waals surface area contributed by atoms with Gasteiger partial charge in [-0.25, -0.2) is 9.97 Å². The average molecular weight is 997 g/mol. The molecule has 0 fully saturated rings. The van der Waals surface area contributed by atoms with Crippen LogP contribution in [-0.2, 0) is 0 Å². The Balaban J connectivity index is 1.01. The van der Waals surface area contributed by atoms with E-state index >= 15 is 0 Å². The molecule has 0 amide bonds. The van der Waals surface area contributed by atoms with Crippen LogP contribution in [0.1, 0.15) is 0 Å². The van der Waals surface area contributed by atoms with Crippen molar-refractivity contribution in [1.29, 1.82) is 0 Å². The van der Waals surface area contributed by atoms with Crippen molar-refractivity contribution in [1.82, 2.24) is 29.1 Å². The standard InChI is InChI=1S/C70H40N6O2/c1-3-12-41(13-4-1)44-22-29-61-53(34-44)51-26-27-52-54-35-45(42-14-5-2-6-15-42)23-30-62(54)76(69(52)68(51)75(61)48-38-57-58(72-40-48)28-21-43-16-11-33-71-67(43)57)70-73-59(46-24-31-65-55(36-46)49-17-7-9-19-63(49)77-65)39-60(74-70)47-25-32-66-56(37-47)50-18-8-10-20-64(50)78-66/h1-40H. The number of fused-ring (bicyclic) bond motifs is 16. The van der Waals surface area contributed by atoms with Gasteiger partial charge in [-0.05, 0) is 119 Å². The van der Waals surface area contributed by atoms with Gasteiger partial charge >= 0.3 is 0 Å². The number of hydrogen-bond acceptors (Lipinski definition) is 6. The van der Waals surface area contributed by atoms with Gasteiger partial charge in [-0.15, -0.1) is 0 Å². The Morgan fingerprint density at radius 1 is 0.321 bits per heavy atom. The summed E-state index contributed by atoms with van der Waals surface area (Å²) in [7, 11) is 0. The second-order valence-electron chi connectivity index (χ2n) is 20.2. The fourth-order valence-electron chi connectivity index (χ4n) is 12.2. The van der Waals surface area contributed by atoms with Gasteiger partial charge in [0.1, 0.15) is 22.3 Å². The number of nitrogens with zero attached hydrogens (tertiary/aromatic N) is 6. The van der Waals surface area contributed by atoms with E-state index in [0.717, 1.165) is 160 Å². The van der Waals surface area contributed by atoms with Crippen molar-refractivity contribution in [3.8, 4) is 56.4 Å². The second kappa shape index (κ2) is 16.4. The first-order chi connectivity index (χ1) is 38.6. The smallest absolute Gasteiger partial charge is 0.235 e. The van der Waals surface area contributed by atoms with Crippen molar-refractivity contribution >= 4 is 109 Å². The molecule has 0 unspecified atom stereocenters. The van der Waals surface area contributed by atoms with Crippen molar-refractivity contribution < 1.29 is 8.83 Å². The molecule has 362 valence electrons. The Bertz CT molecular complexity index is 5210. The molecule has 0 saturated carbocycles. The maximum atomic E-state index is 6.36. The summed E-state index contributed by atoms with van der Waals surface area (Å²) in [5, 5.41) is 10.5. The molecule has 10 aromatic carbocycles. The predicted molar refractivity (Wildman–Crippen MR) is 318 cm³/mol. The fourth-order valence-corrected chi connectivity index (χ4v) is 12.2. The van der Waals surface area contributed by atoms with E-state index in [2.05, 4.69) is 209 Å². The lowest BCUT2D eigenvalue weighted by Crippen LogP contribution is -2.05. The molecule has 7 heterocycles. The van der Waals surface area contributed by atoms with Gasteiger partial charge in [-0.3, -0.25) is 14.5 Å². The SMILES string of the molecule is c1ccc(-c2ccc3c(c2)c2ccc4c5cc(-c6ccccc6)ccc5n(-c5nc(-c6ccc7oc8ccccc8c7c6)cc(-c6ccc7oc8ccccc8c7c6)n5)c4c2n3-c2cnc3ccc4cccnc4c3c2)cc1. The minimum atomic E-state index is 0.533. The lowest BCUT2D eigenvalue weighted by Gasteiger charge is -2.14. The molecule has 0 N–H and O–H groups in total. The maximum Gasteiger partial charge on any atom is 0.235 e. The highest BCUT2D eigenvalue weighted by atomic mass is 16.3. The van der Waals surface area contributed by atoms with Crippen LogP contribution in [0.4, 0.5) is 0 Å². The lowest BCUT2D eigenvalue weighted by atomic mass is 10.0. The number of furan rings is 2. The Kier molecular flexibility index (Phi) is 8.96. The highest BCUT2D eigenvalue weighted by Gasteiger charge is 2.25. The highest BCUT2D eigenvalue weighted by molar-refractivity contribution is 6.24. The molecule has 0 aliphatic carbocycles. The van der Waals surface area contributed by atoms with Crippen LogP contribution in [0.15, 0.2) is 252 Å². The summed E-state index contributed by atoms with van der Waals surface area (Å²) < 4.78 is 17.4. The maximum absolute atomic E-state index is 6.36. The Morgan fingerprint density at radius 3 is 1.46 bits per heavy atom. The summed E-state index contributed by atoms with van der Waals surface area (Å²) in [5.41, 5.74) is 18.0. The topological polar surface area (TPSA) is 87.7 Å². The molecular weight excluding hydrogens is 957 g/mol. The number of hydrogen-bond donors (Lipinski definition) is 0. The molecule has 78 heavy (non-hydrogen) atoms. The Labute approximate surface area is 444 Å². The highest BCUT2D eigenvalue weighted by Crippen LogP contribution is 2.45. The van der Waals surface area contributed by atoms with Gasteiger partial charge in [-0.2, -0.15) is 0 Å². The zero-order valence-electron chi connectivity index (χ0n) is 41.6. The van der Waals surface area contributed by atoms with Crippen molar-refractivity contribution in [3.05, 3.63) is 243 Å². The molecule has 0 aliphatic heterocycles. The fraction of sp³-hybridized carbons (Fsp3) is 0. The van der Waals surface area contributed by atoms with Gasteiger partial charge in [0.2, 0.25) is 5.95 Å². The average Bonchev–Trinajstić information content (AvgIpc) is 4.15. The number of rotatable bonds is 6. The normalized spacial score (nSPS) is 12.1. The predicted octanol–water partition coefficient (Wildman–Crippen LogP) is 18.2. The van der Waals surface area contributed by atoms with E-state index in [4.69, 9.17) is 28.8 Å².